The van der Waals surface area contributed by atoms with Gasteiger partial charge in [-0.25, -0.2) is 9.59 Å². The molecule has 0 aliphatic rings. The molecule has 0 radical (unpaired) electrons. The van der Waals surface area contributed by atoms with Gasteiger partial charge in [-0.2, -0.15) is 0 Å². The minimum atomic E-state index is -1.09. The summed E-state index contributed by atoms with van der Waals surface area (Å²) in [6, 6.07) is 14.1. The van der Waals surface area contributed by atoms with Gasteiger partial charge in [0.25, 0.3) is 5.91 Å². The predicted molar refractivity (Wildman–Crippen MR) is 108 cm³/mol. The number of hydrogen-bond acceptors (Lipinski definition) is 7. The predicted octanol–water partition coefficient (Wildman–Crippen LogP) is 4.37. The summed E-state index contributed by atoms with van der Waals surface area (Å²) in [6.45, 7) is 3.35. The smallest absolute Gasteiger partial charge is 0.374 e. The van der Waals surface area contributed by atoms with Crippen LogP contribution in [0.15, 0.2) is 59.2 Å². The maximum Gasteiger partial charge on any atom is 0.374 e. The first-order chi connectivity index (χ1) is 14.0. The lowest BCUT2D eigenvalue weighted by atomic mass is 10.1. The largest absolute Gasteiger partial charge is 0.462 e. The van der Waals surface area contributed by atoms with Crippen molar-refractivity contribution in [2.45, 2.75) is 20.0 Å². The highest BCUT2D eigenvalue weighted by molar-refractivity contribution is 7.20. The zero-order valence-corrected chi connectivity index (χ0v) is 16.7. The summed E-state index contributed by atoms with van der Waals surface area (Å²) in [5, 5.41) is 2.99. The molecule has 2 heterocycles. The molecule has 0 bridgehead atoms. The zero-order valence-electron chi connectivity index (χ0n) is 15.8. The van der Waals surface area contributed by atoms with E-state index in [1.807, 2.05) is 30.3 Å². The number of carbonyl (C=O) groups excluding carboxylic acids is 3. The molecular weight excluding hydrogens is 394 g/mol. The number of rotatable bonds is 7. The van der Waals surface area contributed by atoms with E-state index in [1.165, 1.54) is 30.6 Å². The molecule has 0 unspecified atom stereocenters. The first-order valence-electron chi connectivity index (χ1n) is 8.91. The first kappa shape index (κ1) is 20.3. The summed E-state index contributed by atoms with van der Waals surface area (Å²) in [5.74, 6) is -1.86. The third kappa shape index (κ3) is 4.91. The molecule has 1 amide bonds. The number of ether oxygens (including phenoxy) is 2. The molecule has 8 heteroatoms. The van der Waals surface area contributed by atoms with Gasteiger partial charge in [-0.3, -0.25) is 4.79 Å². The zero-order chi connectivity index (χ0) is 20.8. The molecule has 1 atom stereocenters. The Kier molecular flexibility index (Phi) is 6.46. The Morgan fingerprint density at radius 3 is 2.52 bits per heavy atom. The van der Waals surface area contributed by atoms with Crippen LogP contribution < -0.4 is 5.32 Å². The van der Waals surface area contributed by atoms with E-state index in [0.29, 0.717) is 5.00 Å². The number of hydrogen-bond donors (Lipinski definition) is 1. The molecule has 0 spiro atoms. The Balaban J connectivity index is 1.79. The van der Waals surface area contributed by atoms with E-state index in [0.717, 1.165) is 10.4 Å². The van der Waals surface area contributed by atoms with Gasteiger partial charge >= 0.3 is 11.9 Å². The van der Waals surface area contributed by atoms with Gasteiger partial charge in [-0.05, 0) is 37.6 Å². The summed E-state index contributed by atoms with van der Waals surface area (Å²) in [7, 11) is 0. The van der Waals surface area contributed by atoms with E-state index in [4.69, 9.17) is 13.9 Å². The molecular formula is C21H19NO6S. The van der Waals surface area contributed by atoms with Gasteiger partial charge in [0, 0.05) is 4.88 Å². The van der Waals surface area contributed by atoms with Crippen LogP contribution in [0.2, 0.25) is 0 Å². The van der Waals surface area contributed by atoms with Gasteiger partial charge < -0.3 is 19.2 Å². The molecule has 0 aliphatic carbocycles. The lowest BCUT2D eigenvalue weighted by Crippen LogP contribution is -2.30. The highest BCUT2D eigenvalue weighted by atomic mass is 32.1. The molecule has 0 aliphatic heterocycles. The molecule has 1 N–H and O–H groups in total. The fraction of sp³-hybridized carbons (Fsp3) is 0.190. The average molecular weight is 413 g/mol. The Bertz CT molecular complexity index is 994. The van der Waals surface area contributed by atoms with E-state index in [2.05, 4.69) is 5.32 Å². The topological polar surface area (TPSA) is 94.8 Å². The highest BCUT2D eigenvalue weighted by Crippen LogP contribution is 2.36. The number of benzene rings is 1. The van der Waals surface area contributed by atoms with Crippen molar-refractivity contribution in [2.75, 3.05) is 11.9 Å². The van der Waals surface area contributed by atoms with Crippen molar-refractivity contribution in [1.29, 1.82) is 0 Å². The van der Waals surface area contributed by atoms with Crippen LogP contribution in [-0.4, -0.2) is 30.6 Å². The molecule has 0 fully saturated rings. The fourth-order valence-corrected chi connectivity index (χ4v) is 3.52. The molecule has 3 aromatic rings. The van der Waals surface area contributed by atoms with Crippen LogP contribution >= 0.6 is 11.3 Å². The lowest BCUT2D eigenvalue weighted by molar-refractivity contribution is -0.123. The molecule has 0 saturated carbocycles. The second-order valence-corrected chi connectivity index (χ2v) is 7.01. The summed E-state index contributed by atoms with van der Waals surface area (Å²) >= 11 is 1.24. The van der Waals surface area contributed by atoms with Gasteiger partial charge in [-0.1, -0.05) is 30.3 Å². The summed E-state index contributed by atoms with van der Waals surface area (Å²) in [4.78, 5) is 37.6. The van der Waals surface area contributed by atoms with Crippen molar-refractivity contribution in [3.05, 3.63) is 66.1 Å². The maximum atomic E-state index is 12.5. The number of amides is 1. The number of nitrogens with one attached hydrogen (secondary N) is 1. The minimum Gasteiger partial charge on any atom is -0.462 e. The number of thiophene rings is 1. The van der Waals surface area contributed by atoms with E-state index < -0.39 is 23.9 Å². The molecule has 1 aromatic carbocycles. The van der Waals surface area contributed by atoms with Crippen molar-refractivity contribution >= 4 is 34.2 Å². The summed E-state index contributed by atoms with van der Waals surface area (Å²) in [5.41, 5.74) is 1.15. The summed E-state index contributed by atoms with van der Waals surface area (Å²) in [6.07, 6.45) is 0.244. The molecule has 3 rings (SSSR count). The van der Waals surface area contributed by atoms with Gasteiger partial charge in [-0.15, -0.1) is 11.3 Å². The Morgan fingerprint density at radius 2 is 1.86 bits per heavy atom. The van der Waals surface area contributed by atoms with E-state index >= 15 is 0 Å². The van der Waals surface area contributed by atoms with Crippen molar-refractivity contribution in [2.24, 2.45) is 0 Å². The van der Waals surface area contributed by atoms with E-state index in [9.17, 15) is 14.4 Å². The molecule has 7 nitrogen and oxygen atoms in total. The van der Waals surface area contributed by atoms with E-state index in [1.54, 1.807) is 19.1 Å². The minimum absolute atomic E-state index is 0.000602. The second-order valence-electron chi connectivity index (χ2n) is 5.95. The Labute approximate surface area is 171 Å². The Hall–Kier alpha value is -3.39. The quantitative estimate of drug-likeness (QED) is 0.578. The molecule has 0 saturated heterocycles. The van der Waals surface area contributed by atoms with Crippen LogP contribution in [-0.2, 0) is 14.3 Å². The molecule has 150 valence electrons. The third-order valence-electron chi connectivity index (χ3n) is 3.90. The lowest BCUT2D eigenvalue weighted by Gasteiger charge is -2.12. The van der Waals surface area contributed by atoms with Crippen molar-refractivity contribution in [3.63, 3.8) is 0 Å². The second kappa shape index (κ2) is 9.20. The number of furan rings is 1. The number of anilines is 1. The summed E-state index contributed by atoms with van der Waals surface area (Å²) < 4.78 is 15.2. The van der Waals surface area contributed by atoms with Crippen molar-refractivity contribution < 1.29 is 28.3 Å². The van der Waals surface area contributed by atoms with Crippen LogP contribution in [0.25, 0.3) is 10.4 Å². The number of carbonyl (C=O) groups is 3. The van der Waals surface area contributed by atoms with Crippen LogP contribution in [0.5, 0.6) is 0 Å². The van der Waals surface area contributed by atoms with Crippen LogP contribution in [0, 0.1) is 0 Å². The van der Waals surface area contributed by atoms with Gasteiger partial charge in [0.2, 0.25) is 5.76 Å². The Morgan fingerprint density at radius 1 is 1.10 bits per heavy atom. The first-order valence-corrected chi connectivity index (χ1v) is 9.73. The van der Waals surface area contributed by atoms with Crippen LogP contribution in [0.3, 0.4) is 0 Å². The van der Waals surface area contributed by atoms with Crippen LogP contribution in [0.1, 0.15) is 34.8 Å². The normalized spacial score (nSPS) is 11.5. The fourth-order valence-electron chi connectivity index (χ4n) is 2.47. The van der Waals surface area contributed by atoms with Crippen molar-refractivity contribution in [1.82, 2.24) is 0 Å². The standard InChI is InChI=1S/C21H19NO6S/c1-3-26-20(24)15-12-17(14-8-5-4-6-9-14)29-19(15)22-18(23)13(2)28-21(25)16-10-7-11-27-16/h4-13H,3H2,1-2H3,(H,22,23)/t13-/m0/s1. The molecule has 29 heavy (non-hydrogen) atoms. The highest BCUT2D eigenvalue weighted by Gasteiger charge is 2.24. The average Bonchev–Trinajstić information content (AvgIpc) is 3.39. The van der Waals surface area contributed by atoms with Crippen molar-refractivity contribution in [3.8, 4) is 10.4 Å². The van der Waals surface area contributed by atoms with Gasteiger partial charge in [0.1, 0.15) is 5.00 Å². The van der Waals surface area contributed by atoms with E-state index in [-0.39, 0.29) is 17.9 Å². The maximum absolute atomic E-state index is 12.5. The number of esters is 2. The van der Waals surface area contributed by atoms with Crippen LogP contribution in [0.4, 0.5) is 5.00 Å². The van der Waals surface area contributed by atoms with Gasteiger partial charge in [0.05, 0.1) is 18.4 Å². The molecule has 2 aromatic heterocycles. The SMILES string of the molecule is CCOC(=O)c1cc(-c2ccccc2)sc1NC(=O)[C@H](C)OC(=O)c1ccco1. The van der Waals surface area contributed by atoms with Gasteiger partial charge in [0.15, 0.2) is 6.10 Å². The third-order valence-corrected chi connectivity index (χ3v) is 5.00. The monoisotopic (exact) mass is 413 g/mol.